The molecule has 0 aromatic carbocycles. The lowest BCUT2D eigenvalue weighted by Crippen LogP contribution is -2.03. The largest absolute Gasteiger partial charge is 0.394 e. The van der Waals surface area contributed by atoms with Crippen molar-refractivity contribution in [3.63, 3.8) is 0 Å². The lowest BCUT2D eigenvalue weighted by molar-refractivity contribution is 0.216. The highest BCUT2D eigenvalue weighted by Gasteiger charge is 1.93. The Kier molecular flexibility index (Phi) is 5.99. The molecule has 1 rings (SSSR count). The van der Waals surface area contributed by atoms with Gasteiger partial charge in [-0.15, -0.1) is 0 Å². The highest BCUT2D eigenvalue weighted by Crippen LogP contribution is 1.90. The second-order valence-electron chi connectivity index (χ2n) is 2.55. The predicted molar refractivity (Wildman–Crippen MR) is 39.5 cm³/mol. The van der Waals surface area contributed by atoms with Gasteiger partial charge >= 0.3 is 0 Å². The predicted octanol–water partition coefficient (Wildman–Crippen LogP) is 0.757. The Morgan fingerprint density at radius 1 is 1.22 bits per heavy atom. The molecule has 1 saturated heterocycles. The Bertz CT molecular complexity index is 40.5. The van der Waals surface area contributed by atoms with Gasteiger partial charge < -0.3 is 10.4 Å². The van der Waals surface area contributed by atoms with Crippen molar-refractivity contribution >= 4 is 0 Å². The van der Waals surface area contributed by atoms with E-state index in [-0.39, 0.29) is 6.10 Å². The second-order valence-corrected chi connectivity index (χ2v) is 2.55. The monoisotopic (exact) mass is 131 g/mol. The number of aliphatic hydroxyl groups is 1. The summed E-state index contributed by atoms with van der Waals surface area (Å²) < 4.78 is 0. The Morgan fingerprint density at radius 2 is 1.56 bits per heavy atom. The first-order valence-corrected chi connectivity index (χ1v) is 3.62. The SMILES string of the molecule is C1CCNC1.CC(C)O. The van der Waals surface area contributed by atoms with E-state index in [4.69, 9.17) is 5.11 Å². The zero-order valence-corrected chi connectivity index (χ0v) is 6.35. The van der Waals surface area contributed by atoms with Crippen molar-refractivity contribution in [2.75, 3.05) is 13.1 Å². The molecule has 0 aliphatic carbocycles. The van der Waals surface area contributed by atoms with Crippen molar-refractivity contribution in [2.45, 2.75) is 32.8 Å². The van der Waals surface area contributed by atoms with Crippen LogP contribution in [-0.4, -0.2) is 24.3 Å². The van der Waals surface area contributed by atoms with Crippen LogP contribution in [0.15, 0.2) is 0 Å². The van der Waals surface area contributed by atoms with Crippen molar-refractivity contribution < 1.29 is 5.11 Å². The zero-order chi connectivity index (χ0) is 7.11. The summed E-state index contributed by atoms with van der Waals surface area (Å²) in [5, 5.41) is 11.3. The Balaban J connectivity index is 0.000000148. The second kappa shape index (κ2) is 6.05. The van der Waals surface area contributed by atoms with E-state index in [1.165, 1.54) is 25.9 Å². The van der Waals surface area contributed by atoms with Crippen LogP contribution in [0.3, 0.4) is 0 Å². The molecule has 0 radical (unpaired) electrons. The summed E-state index contributed by atoms with van der Waals surface area (Å²) in [6, 6.07) is 0. The molecular formula is C7H17NO. The van der Waals surface area contributed by atoms with E-state index in [9.17, 15) is 0 Å². The number of hydrogen-bond donors (Lipinski definition) is 2. The Labute approximate surface area is 57.3 Å². The highest BCUT2D eigenvalue weighted by molar-refractivity contribution is 4.55. The van der Waals surface area contributed by atoms with Crippen molar-refractivity contribution in [2.24, 2.45) is 0 Å². The molecule has 0 spiro atoms. The van der Waals surface area contributed by atoms with Crippen molar-refractivity contribution in [1.82, 2.24) is 5.32 Å². The molecule has 2 heteroatoms. The maximum absolute atomic E-state index is 8.06. The average molecular weight is 131 g/mol. The van der Waals surface area contributed by atoms with Crippen LogP contribution in [0.25, 0.3) is 0 Å². The first-order chi connectivity index (χ1) is 4.23. The Hall–Kier alpha value is -0.0800. The minimum Gasteiger partial charge on any atom is -0.394 e. The van der Waals surface area contributed by atoms with Gasteiger partial charge in [0.1, 0.15) is 0 Å². The van der Waals surface area contributed by atoms with Crippen molar-refractivity contribution in [3.05, 3.63) is 0 Å². The molecule has 0 aromatic rings. The van der Waals surface area contributed by atoms with Crippen molar-refractivity contribution in [3.8, 4) is 0 Å². The van der Waals surface area contributed by atoms with Crippen LogP contribution >= 0.6 is 0 Å². The van der Waals surface area contributed by atoms with Gasteiger partial charge in [-0.3, -0.25) is 0 Å². The van der Waals surface area contributed by atoms with Crippen LogP contribution in [0.2, 0.25) is 0 Å². The number of rotatable bonds is 0. The summed E-state index contributed by atoms with van der Waals surface area (Å²) in [7, 11) is 0. The van der Waals surface area contributed by atoms with E-state index >= 15 is 0 Å². The molecule has 0 amide bonds. The van der Waals surface area contributed by atoms with Gasteiger partial charge in [-0.05, 0) is 39.8 Å². The molecule has 0 saturated carbocycles. The quantitative estimate of drug-likeness (QED) is 0.508. The van der Waals surface area contributed by atoms with Crippen LogP contribution < -0.4 is 5.32 Å². The molecule has 0 bridgehead atoms. The van der Waals surface area contributed by atoms with Gasteiger partial charge in [-0.1, -0.05) is 0 Å². The fourth-order valence-electron chi connectivity index (χ4n) is 0.625. The molecule has 1 heterocycles. The number of hydrogen-bond acceptors (Lipinski definition) is 2. The van der Waals surface area contributed by atoms with Gasteiger partial charge in [0.05, 0.1) is 0 Å². The van der Waals surface area contributed by atoms with Gasteiger partial charge in [0.15, 0.2) is 0 Å². The third-order valence-electron chi connectivity index (χ3n) is 0.957. The smallest absolute Gasteiger partial charge is 0.0483 e. The van der Waals surface area contributed by atoms with Crippen LogP contribution in [0.5, 0.6) is 0 Å². The first kappa shape index (κ1) is 8.92. The van der Waals surface area contributed by atoms with E-state index in [0.29, 0.717) is 0 Å². The summed E-state index contributed by atoms with van der Waals surface area (Å²) in [5.74, 6) is 0. The Morgan fingerprint density at radius 3 is 1.67 bits per heavy atom. The van der Waals surface area contributed by atoms with Crippen LogP contribution in [0, 0.1) is 0 Å². The molecule has 1 fully saturated rings. The van der Waals surface area contributed by atoms with Gasteiger partial charge in [0.25, 0.3) is 0 Å². The summed E-state index contributed by atoms with van der Waals surface area (Å²) in [4.78, 5) is 0. The molecule has 1 aliphatic rings. The molecule has 9 heavy (non-hydrogen) atoms. The normalized spacial score (nSPS) is 17.3. The van der Waals surface area contributed by atoms with Gasteiger partial charge in [0, 0.05) is 6.10 Å². The van der Waals surface area contributed by atoms with E-state index in [2.05, 4.69) is 5.32 Å². The minimum absolute atomic E-state index is 0.167. The third-order valence-corrected chi connectivity index (χ3v) is 0.957. The van der Waals surface area contributed by atoms with Crippen molar-refractivity contribution in [1.29, 1.82) is 0 Å². The van der Waals surface area contributed by atoms with Crippen LogP contribution in [0.4, 0.5) is 0 Å². The molecule has 56 valence electrons. The number of nitrogens with one attached hydrogen (secondary N) is 1. The average Bonchev–Trinajstić information content (AvgIpc) is 2.11. The van der Waals surface area contributed by atoms with Gasteiger partial charge in [-0.2, -0.15) is 0 Å². The van der Waals surface area contributed by atoms with E-state index < -0.39 is 0 Å². The fourth-order valence-corrected chi connectivity index (χ4v) is 0.625. The minimum atomic E-state index is -0.167. The van der Waals surface area contributed by atoms with Gasteiger partial charge in [-0.25, -0.2) is 0 Å². The molecule has 0 atom stereocenters. The van der Waals surface area contributed by atoms with Crippen LogP contribution in [0.1, 0.15) is 26.7 Å². The fraction of sp³-hybridized carbons (Fsp3) is 1.00. The summed E-state index contributed by atoms with van der Waals surface area (Å²) in [5.41, 5.74) is 0. The third kappa shape index (κ3) is 11.5. The molecule has 1 aliphatic heterocycles. The zero-order valence-electron chi connectivity index (χ0n) is 6.35. The van der Waals surface area contributed by atoms with E-state index in [1.807, 2.05) is 0 Å². The maximum atomic E-state index is 8.06. The molecule has 2 N–H and O–H groups in total. The van der Waals surface area contributed by atoms with Gasteiger partial charge in [0.2, 0.25) is 0 Å². The summed E-state index contributed by atoms with van der Waals surface area (Å²) in [6.45, 7) is 5.94. The highest BCUT2D eigenvalue weighted by atomic mass is 16.3. The standard InChI is InChI=1S/C4H9N.C3H8O/c1-2-4-5-3-1;1-3(2)4/h5H,1-4H2;3-4H,1-2H3. The summed E-state index contributed by atoms with van der Waals surface area (Å²) >= 11 is 0. The first-order valence-electron chi connectivity index (χ1n) is 3.62. The maximum Gasteiger partial charge on any atom is 0.0483 e. The van der Waals surface area contributed by atoms with E-state index in [1.54, 1.807) is 13.8 Å². The molecule has 0 aromatic heterocycles. The number of aliphatic hydroxyl groups excluding tert-OH is 1. The topological polar surface area (TPSA) is 32.3 Å². The lowest BCUT2D eigenvalue weighted by atomic mass is 10.4. The lowest BCUT2D eigenvalue weighted by Gasteiger charge is -1.80. The van der Waals surface area contributed by atoms with Crippen LogP contribution in [-0.2, 0) is 0 Å². The summed E-state index contributed by atoms with van der Waals surface area (Å²) in [6.07, 6.45) is 2.61. The molecule has 0 unspecified atom stereocenters. The molecular weight excluding hydrogens is 114 g/mol. The molecule has 2 nitrogen and oxygen atoms in total. The van der Waals surface area contributed by atoms with E-state index in [0.717, 1.165) is 0 Å².